The first kappa shape index (κ1) is 17.2. The number of esters is 1. The van der Waals surface area contributed by atoms with Crippen LogP contribution in [0.3, 0.4) is 0 Å². The monoisotopic (exact) mass is 352 g/mol. The minimum atomic E-state index is -0.352. The molecule has 25 heavy (non-hydrogen) atoms. The second-order valence-corrected chi connectivity index (χ2v) is 6.45. The van der Waals surface area contributed by atoms with Gasteiger partial charge in [-0.25, -0.2) is 4.79 Å². The third kappa shape index (κ3) is 4.06. The Morgan fingerprint density at radius 3 is 2.44 bits per heavy atom. The summed E-state index contributed by atoms with van der Waals surface area (Å²) in [5.41, 5.74) is 4.35. The van der Waals surface area contributed by atoms with E-state index in [0.29, 0.717) is 16.4 Å². The molecule has 0 saturated heterocycles. The Kier molecular flexibility index (Phi) is 5.14. The van der Waals surface area contributed by atoms with Gasteiger partial charge in [0, 0.05) is 5.70 Å². The Morgan fingerprint density at radius 2 is 1.76 bits per heavy atom. The normalized spacial score (nSPS) is 16.9. The predicted molar refractivity (Wildman–Crippen MR) is 102 cm³/mol. The Balaban J connectivity index is 1.84. The molecule has 5 heteroatoms. The van der Waals surface area contributed by atoms with E-state index in [1.54, 1.807) is 0 Å². The Labute approximate surface area is 152 Å². The zero-order valence-corrected chi connectivity index (χ0v) is 15.0. The van der Waals surface area contributed by atoms with E-state index in [2.05, 4.69) is 10.6 Å². The van der Waals surface area contributed by atoms with E-state index in [0.717, 1.165) is 16.7 Å². The lowest BCUT2D eigenvalue weighted by Crippen LogP contribution is -2.45. The van der Waals surface area contributed by atoms with Crippen molar-refractivity contribution in [3.63, 3.8) is 0 Å². The highest BCUT2D eigenvalue weighted by molar-refractivity contribution is 7.80. The predicted octanol–water partition coefficient (Wildman–Crippen LogP) is 3.53. The number of thiocarbonyl (C=S) groups is 1. The lowest BCUT2D eigenvalue weighted by atomic mass is 9.95. The van der Waals surface area contributed by atoms with Gasteiger partial charge < -0.3 is 15.4 Å². The summed E-state index contributed by atoms with van der Waals surface area (Å²) < 4.78 is 5.53. The molecule has 2 aromatic carbocycles. The van der Waals surface area contributed by atoms with Gasteiger partial charge >= 0.3 is 5.97 Å². The number of nitrogens with one attached hydrogen (secondary N) is 2. The topological polar surface area (TPSA) is 50.4 Å². The van der Waals surface area contributed by atoms with Crippen molar-refractivity contribution in [1.29, 1.82) is 0 Å². The smallest absolute Gasteiger partial charge is 0.338 e. The van der Waals surface area contributed by atoms with Gasteiger partial charge in [-0.3, -0.25) is 0 Å². The summed E-state index contributed by atoms with van der Waals surface area (Å²) in [6, 6.07) is 17.3. The van der Waals surface area contributed by atoms with Crippen LogP contribution in [0.1, 0.15) is 29.7 Å². The highest BCUT2D eigenvalue weighted by Crippen LogP contribution is 2.28. The molecule has 2 aromatic rings. The lowest BCUT2D eigenvalue weighted by molar-refractivity contribution is -0.140. The Hall–Kier alpha value is -2.66. The molecule has 0 aliphatic carbocycles. The van der Waals surface area contributed by atoms with E-state index in [9.17, 15) is 4.79 Å². The average molecular weight is 352 g/mol. The molecule has 1 atom stereocenters. The summed E-state index contributed by atoms with van der Waals surface area (Å²) >= 11 is 5.26. The van der Waals surface area contributed by atoms with Gasteiger partial charge in [-0.05, 0) is 37.2 Å². The first-order chi connectivity index (χ1) is 12.0. The Morgan fingerprint density at radius 1 is 1.08 bits per heavy atom. The van der Waals surface area contributed by atoms with Crippen molar-refractivity contribution in [2.45, 2.75) is 26.5 Å². The number of carbonyl (C=O) groups excluding carboxylic acids is 1. The second kappa shape index (κ2) is 7.49. The van der Waals surface area contributed by atoms with Gasteiger partial charge in [-0.1, -0.05) is 60.2 Å². The van der Waals surface area contributed by atoms with Crippen molar-refractivity contribution in [3.05, 3.63) is 82.6 Å². The number of ether oxygens (including phenoxy) is 1. The third-order valence-corrected chi connectivity index (χ3v) is 4.33. The van der Waals surface area contributed by atoms with Crippen LogP contribution >= 0.6 is 12.2 Å². The zero-order valence-electron chi connectivity index (χ0n) is 14.2. The number of aryl methyl sites for hydroxylation is 1. The van der Waals surface area contributed by atoms with Crippen LogP contribution in [-0.4, -0.2) is 11.1 Å². The van der Waals surface area contributed by atoms with Crippen LogP contribution in [-0.2, 0) is 16.1 Å². The van der Waals surface area contributed by atoms with E-state index >= 15 is 0 Å². The molecule has 0 bridgehead atoms. The molecule has 0 aromatic heterocycles. The molecular formula is C20H20N2O2S. The van der Waals surface area contributed by atoms with Crippen LogP contribution in [0, 0.1) is 6.92 Å². The first-order valence-electron chi connectivity index (χ1n) is 8.10. The largest absolute Gasteiger partial charge is 0.457 e. The summed E-state index contributed by atoms with van der Waals surface area (Å²) in [6.45, 7) is 4.11. The summed E-state index contributed by atoms with van der Waals surface area (Å²) in [6.07, 6.45) is 0. The van der Waals surface area contributed by atoms with Gasteiger partial charge in [-0.15, -0.1) is 0 Å². The van der Waals surface area contributed by atoms with Gasteiger partial charge in [0.15, 0.2) is 5.11 Å². The molecule has 0 spiro atoms. The number of allylic oxidation sites excluding steroid dienone is 1. The van der Waals surface area contributed by atoms with Crippen LogP contribution in [0.4, 0.5) is 0 Å². The maximum Gasteiger partial charge on any atom is 0.338 e. The van der Waals surface area contributed by atoms with Gasteiger partial charge in [0.25, 0.3) is 0 Å². The first-order valence-corrected chi connectivity index (χ1v) is 8.51. The molecule has 0 saturated carbocycles. The number of carbonyl (C=O) groups is 1. The molecule has 4 nitrogen and oxygen atoms in total. The van der Waals surface area contributed by atoms with Crippen LogP contribution in [0.2, 0.25) is 0 Å². The lowest BCUT2D eigenvalue weighted by Gasteiger charge is -2.30. The molecule has 1 aliphatic rings. The molecule has 1 heterocycles. The minimum absolute atomic E-state index is 0.238. The third-order valence-electron chi connectivity index (χ3n) is 4.11. The molecule has 0 fully saturated rings. The van der Waals surface area contributed by atoms with Crippen molar-refractivity contribution in [2.24, 2.45) is 0 Å². The van der Waals surface area contributed by atoms with Crippen LogP contribution in [0.25, 0.3) is 0 Å². The fourth-order valence-electron chi connectivity index (χ4n) is 2.77. The number of rotatable bonds is 4. The number of hydrogen-bond acceptors (Lipinski definition) is 3. The van der Waals surface area contributed by atoms with Gasteiger partial charge in [0.1, 0.15) is 6.61 Å². The van der Waals surface area contributed by atoms with Crippen molar-refractivity contribution in [3.8, 4) is 0 Å². The fraction of sp³-hybridized carbons (Fsp3) is 0.200. The standard InChI is InChI=1S/C20H20N2O2S/c1-13-8-10-16(11-9-13)18-17(14(2)21-20(25)22-18)19(23)24-12-15-6-4-3-5-7-15/h3-11,18H,12H2,1-2H3,(H2,21,22,25). The van der Waals surface area contributed by atoms with Crippen molar-refractivity contribution < 1.29 is 9.53 Å². The SMILES string of the molecule is CC1=C(C(=O)OCc2ccccc2)C(c2ccc(C)cc2)NC(=S)N1. The molecule has 128 valence electrons. The quantitative estimate of drug-likeness (QED) is 0.651. The molecule has 0 radical (unpaired) electrons. The minimum Gasteiger partial charge on any atom is -0.457 e. The van der Waals surface area contributed by atoms with Gasteiger partial charge in [-0.2, -0.15) is 0 Å². The van der Waals surface area contributed by atoms with Gasteiger partial charge in [0.05, 0.1) is 11.6 Å². The van der Waals surface area contributed by atoms with Crippen molar-refractivity contribution in [2.75, 3.05) is 0 Å². The maximum absolute atomic E-state index is 12.7. The van der Waals surface area contributed by atoms with Crippen LogP contribution in [0.5, 0.6) is 0 Å². The van der Waals surface area contributed by atoms with Gasteiger partial charge in [0.2, 0.25) is 0 Å². The maximum atomic E-state index is 12.7. The summed E-state index contributed by atoms with van der Waals surface area (Å²) in [5, 5.41) is 6.69. The van der Waals surface area contributed by atoms with Crippen LogP contribution < -0.4 is 10.6 Å². The summed E-state index contributed by atoms with van der Waals surface area (Å²) in [5.74, 6) is -0.352. The summed E-state index contributed by atoms with van der Waals surface area (Å²) in [4.78, 5) is 12.7. The molecule has 0 amide bonds. The average Bonchev–Trinajstić information content (AvgIpc) is 2.60. The number of benzene rings is 2. The van der Waals surface area contributed by atoms with E-state index in [1.807, 2.05) is 68.4 Å². The van der Waals surface area contributed by atoms with E-state index in [4.69, 9.17) is 17.0 Å². The van der Waals surface area contributed by atoms with Crippen LogP contribution in [0.15, 0.2) is 65.9 Å². The van der Waals surface area contributed by atoms with E-state index < -0.39 is 0 Å². The van der Waals surface area contributed by atoms with E-state index in [-0.39, 0.29) is 18.6 Å². The molecule has 1 aliphatic heterocycles. The highest BCUT2D eigenvalue weighted by atomic mass is 32.1. The second-order valence-electron chi connectivity index (χ2n) is 6.04. The zero-order chi connectivity index (χ0) is 17.8. The molecule has 2 N–H and O–H groups in total. The number of hydrogen-bond donors (Lipinski definition) is 2. The Bertz CT molecular complexity index is 813. The van der Waals surface area contributed by atoms with Crippen molar-refractivity contribution in [1.82, 2.24) is 10.6 Å². The fourth-order valence-corrected chi connectivity index (χ4v) is 3.05. The molecular weight excluding hydrogens is 332 g/mol. The van der Waals surface area contributed by atoms with E-state index in [1.165, 1.54) is 0 Å². The molecule has 3 rings (SSSR count). The molecule has 1 unspecified atom stereocenters. The highest BCUT2D eigenvalue weighted by Gasteiger charge is 2.30. The van der Waals surface area contributed by atoms with Crippen molar-refractivity contribution >= 4 is 23.3 Å². The summed E-state index contributed by atoms with van der Waals surface area (Å²) in [7, 11) is 0.